The molecule has 0 unspecified atom stereocenters. The Morgan fingerprint density at radius 3 is 2.69 bits per heavy atom. The highest BCUT2D eigenvalue weighted by molar-refractivity contribution is 5.98. The van der Waals surface area contributed by atoms with Crippen LogP contribution in [0.2, 0.25) is 0 Å². The molecule has 4 rings (SSSR count). The number of hydrogen-bond donors (Lipinski definition) is 2. The fourth-order valence-corrected chi connectivity index (χ4v) is 3.69. The topological polar surface area (TPSA) is 68.2 Å². The van der Waals surface area contributed by atoms with E-state index in [4.69, 9.17) is 4.74 Å². The molecule has 2 aromatic carbocycles. The van der Waals surface area contributed by atoms with Crippen LogP contribution in [0.3, 0.4) is 0 Å². The first-order valence-electron chi connectivity index (χ1n) is 9.83. The Bertz CT molecular complexity index is 1110. The van der Waals surface area contributed by atoms with Crippen LogP contribution in [-0.2, 0) is 6.54 Å². The lowest BCUT2D eigenvalue weighted by molar-refractivity contribution is -0.173. The highest BCUT2D eigenvalue weighted by Gasteiger charge is 2.47. The van der Waals surface area contributed by atoms with Crippen molar-refractivity contribution in [2.75, 3.05) is 12.4 Å². The summed E-state index contributed by atoms with van der Waals surface area (Å²) in [7, 11) is 1.48. The summed E-state index contributed by atoms with van der Waals surface area (Å²) in [6, 6.07) is 9.71. The summed E-state index contributed by atoms with van der Waals surface area (Å²) in [6.07, 6.45) is -3.72. The van der Waals surface area contributed by atoms with Crippen molar-refractivity contribution >= 4 is 11.7 Å². The van der Waals surface area contributed by atoms with Crippen molar-refractivity contribution in [2.45, 2.75) is 31.2 Å². The molecule has 1 aliphatic rings. The van der Waals surface area contributed by atoms with Crippen LogP contribution in [0.1, 0.15) is 40.0 Å². The zero-order valence-corrected chi connectivity index (χ0v) is 17.0. The first-order valence-corrected chi connectivity index (χ1v) is 9.83. The second-order valence-corrected chi connectivity index (χ2v) is 7.43. The van der Waals surface area contributed by atoms with Crippen LogP contribution in [0.25, 0.3) is 0 Å². The van der Waals surface area contributed by atoms with Crippen LogP contribution in [0.4, 0.5) is 23.4 Å². The van der Waals surface area contributed by atoms with Gasteiger partial charge in [0.25, 0.3) is 5.91 Å². The van der Waals surface area contributed by atoms with Crippen LogP contribution in [0.5, 0.6) is 5.75 Å². The molecule has 1 amide bonds. The largest absolute Gasteiger partial charge is 0.497 e. The summed E-state index contributed by atoms with van der Waals surface area (Å²) in [6.45, 7) is 0.0890. The molecule has 6 nitrogen and oxygen atoms in total. The number of nitrogens with one attached hydrogen (secondary N) is 2. The van der Waals surface area contributed by atoms with Crippen molar-refractivity contribution in [3.05, 3.63) is 77.2 Å². The molecule has 3 aromatic rings. The number of aromatic nitrogens is 2. The second kappa shape index (κ2) is 8.52. The van der Waals surface area contributed by atoms with Crippen molar-refractivity contribution in [1.29, 1.82) is 0 Å². The number of nitrogens with zero attached hydrogens (tertiary/aromatic N) is 2. The number of methoxy groups -OCH3 is 1. The number of benzene rings is 2. The van der Waals surface area contributed by atoms with Crippen LogP contribution >= 0.6 is 0 Å². The summed E-state index contributed by atoms with van der Waals surface area (Å²) in [5.74, 6) is -0.487. The van der Waals surface area contributed by atoms with Crippen molar-refractivity contribution in [1.82, 2.24) is 15.1 Å². The van der Waals surface area contributed by atoms with Crippen LogP contribution in [0, 0.1) is 5.82 Å². The van der Waals surface area contributed by atoms with Crippen molar-refractivity contribution in [3.63, 3.8) is 0 Å². The number of anilines is 1. The van der Waals surface area contributed by atoms with Crippen molar-refractivity contribution < 1.29 is 27.1 Å². The average molecular weight is 448 g/mol. The number of ether oxygens (including phenoxy) is 1. The second-order valence-electron chi connectivity index (χ2n) is 7.43. The van der Waals surface area contributed by atoms with Crippen LogP contribution < -0.4 is 15.4 Å². The van der Waals surface area contributed by atoms with Gasteiger partial charge < -0.3 is 15.4 Å². The Morgan fingerprint density at radius 2 is 2.00 bits per heavy atom. The smallest absolute Gasteiger partial charge is 0.410 e. The number of carbonyl (C=O) groups is 1. The summed E-state index contributed by atoms with van der Waals surface area (Å²) >= 11 is 0. The molecule has 2 N–H and O–H groups in total. The third kappa shape index (κ3) is 4.39. The maximum atomic E-state index is 13.8. The Morgan fingerprint density at radius 1 is 1.25 bits per heavy atom. The predicted molar refractivity (Wildman–Crippen MR) is 109 cm³/mol. The van der Waals surface area contributed by atoms with E-state index < -0.39 is 30.0 Å². The molecule has 2 atom stereocenters. The van der Waals surface area contributed by atoms with E-state index in [0.717, 1.165) is 10.9 Å². The first-order chi connectivity index (χ1) is 15.3. The minimum Gasteiger partial charge on any atom is -0.497 e. The van der Waals surface area contributed by atoms with Gasteiger partial charge in [-0.3, -0.25) is 4.79 Å². The fraction of sp³-hybridized carbons (Fsp3) is 0.273. The van der Waals surface area contributed by atoms with E-state index in [0.29, 0.717) is 16.9 Å². The number of halogens is 4. The van der Waals surface area contributed by atoms with Gasteiger partial charge in [0.1, 0.15) is 22.9 Å². The number of hydrogen-bond acceptors (Lipinski definition) is 4. The molecule has 2 heterocycles. The summed E-state index contributed by atoms with van der Waals surface area (Å²) in [5.41, 5.74) is 1.24. The molecule has 0 bridgehead atoms. The summed E-state index contributed by atoms with van der Waals surface area (Å²) in [4.78, 5) is 12.7. The fourth-order valence-electron chi connectivity index (χ4n) is 3.69. The standard InChI is InChI=1S/C22H20F4N4O2/c1-32-16-4-2-3-14(9-16)18-10-19(22(24,25)26)30-20(29-18)17(12-28-30)21(31)27-11-13-5-7-15(23)8-6-13/h2-9,12,18-19,29H,10-11H2,1H3,(H,27,31)/t18-,19+/m1/s1. The molecule has 0 radical (unpaired) electrons. The Balaban J connectivity index is 1.61. The first kappa shape index (κ1) is 21.7. The molecule has 32 heavy (non-hydrogen) atoms. The molecule has 0 spiro atoms. The van der Waals surface area contributed by atoms with Crippen molar-refractivity contribution in [2.24, 2.45) is 0 Å². The van der Waals surface area contributed by atoms with E-state index in [2.05, 4.69) is 15.7 Å². The van der Waals surface area contributed by atoms with Gasteiger partial charge in [0, 0.05) is 13.0 Å². The Hall–Kier alpha value is -3.56. The van der Waals surface area contributed by atoms with Gasteiger partial charge in [0.05, 0.1) is 19.3 Å². The number of carbonyl (C=O) groups excluding carboxylic acids is 1. The minimum absolute atomic E-state index is 0.00559. The van der Waals surface area contributed by atoms with Gasteiger partial charge in [-0.25, -0.2) is 9.07 Å². The van der Waals surface area contributed by atoms with Gasteiger partial charge in [0.15, 0.2) is 6.04 Å². The number of rotatable bonds is 5. The molecule has 0 aliphatic carbocycles. The van der Waals surface area contributed by atoms with Crippen molar-refractivity contribution in [3.8, 4) is 5.75 Å². The minimum atomic E-state index is -4.55. The lowest BCUT2D eigenvalue weighted by atomic mass is 9.96. The maximum absolute atomic E-state index is 13.8. The van der Waals surface area contributed by atoms with E-state index >= 15 is 0 Å². The quantitative estimate of drug-likeness (QED) is 0.559. The van der Waals surface area contributed by atoms with E-state index in [9.17, 15) is 22.4 Å². The van der Waals surface area contributed by atoms with Crippen LogP contribution in [0.15, 0.2) is 54.7 Å². The molecule has 0 fully saturated rings. The van der Waals surface area contributed by atoms with Gasteiger partial charge in [-0.05, 0) is 35.4 Å². The monoisotopic (exact) mass is 448 g/mol. The molecular weight excluding hydrogens is 428 g/mol. The van der Waals surface area contributed by atoms with Gasteiger partial charge in [0.2, 0.25) is 0 Å². The average Bonchev–Trinajstić information content (AvgIpc) is 3.21. The number of fused-ring (bicyclic) bond motifs is 1. The third-order valence-electron chi connectivity index (χ3n) is 5.35. The van der Waals surface area contributed by atoms with Gasteiger partial charge in [-0.15, -0.1) is 0 Å². The predicted octanol–water partition coefficient (Wildman–Crippen LogP) is 4.62. The molecule has 1 aliphatic heterocycles. The highest BCUT2D eigenvalue weighted by atomic mass is 19.4. The molecule has 0 saturated carbocycles. The zero-order chi connectivity index (χ0) is 22.9. The van der Waals surface area contributed by atoms with Gasteiger partial charge >= 0.3 is 6.18 Å². The molecular formula is C22H20F4N4O2. The van der Waals surface area contributed by atoms with E-state index in [-0.39, 0.29) is 24.3 Å². The Kier molecular flexibility index (Phi) is 5.77. The molecule has 1 aromatic heterocycles. The lowest BCUT2D eigenvalue weighted by Crippen LogP contribution is -2.36. The van der Waals surface area contributed by atoms with E-state index in [1.54, 1.807) is 24.3 Å². The van der Waals surface area contributed by atoms with E-state index in [1.807, 2.05) is 0 Å². The Labute approximate surface area is 181 Å². The number of alkyl halides is 3. The molecule has 10 heteroatoms. The SMILES string of the molecule is COc1cccc([C@H]2C[C@@H](C(F)(F)F)n3ncc(C(=O)NCc4ccc(F)cc4)c3N2)c1. The lowest BCUT2D eigenvalue weighted by Gasteiger charge is -2.34. The third-order valence-corrected chi connectivity index (χ3v) is 5.35. The molecule has 0 saturated heterocycles. The number of amides is 1. The van der Waals surface area contributed by atoms with Crippen LogP contribution in [-0.4, -0.2) is 29.0 Å². The zero-order valence-electron chi connectivity index (χ0n) is 17.0. The van der Waals surface area contributed by atoms with E-state index in [1.165, 1.54) is 31.4 Å². The molecule has 168 valence electrons. The van der Waals surface area contributed by atoms with Gasteiger partial charge in [-0.1, -0.05) is 24.3 Å². The summed E-state index contributed by atoms with van der Waals surface area (Å²) in [5, 5.41) is 9.53. The van der Waals surface area contributed by atoms with Gasteiger partial charge in [-0.2, -0.15) is 18.3 Å². The maximum Gasteiger partial charge on any atom is 0.410 e. The normalized spacial score (nSPS) is 17.9. The highest BCUT2D eigenvalue weighted by Crippen LogP contribution is 2.44. The summed E-state index contributed by atoms with van der Waals surface area (Å²) < 4.78 is 60.5.